The molecule has 9 nitrogen and oxygen atoms in total. The van der Waals surface area contributed by atoms with E-state index in [9.17, 15) is 19.5 Å². The Morgan fingerprint density at radius 3 is 2.62 bits per heavy atom. The highest BCUT2D eigenvalue weighted by molar-refractivity contribution is 5.92. The highest BCUT2D eigenvalue weighted by Gasteiger charge is 2.70. The predicted octanol–water partition coefficient (Wildman–Crippen LogP) is 0.407. The van der Waals surface area contributed by atoms with Crippen LogP contribution in [0.5, 0.6) is 0 Å². The van der Waals surface area contributed by atoms with Gasteiger partial charge in [-0.3, -0.25) is 0 Å². The van der Waals surface area contributed by atoms with Crippen molar-refractivity contribution in [2.45, 2.75) is 36.8 Å². The van der Waals surface area contributed by atoms with Crippen LogP contribution >= 0.6 is 0 Å². The van der Waals surface area contributed by atoms with Gasteiger partial charge in [-0.15, -0.1) is 0 Å². The number of ether oxygens (including phenoxy) is 4. The maximum Gasteiger partial charge on any atom is 0.509 e. The molecule has 0 spiro atoms. The smallest absolute Gasteiger partial charge is 0.458 e. The van der Waals surface area contributed by atoms with Crippen molar-refractivity contribution in [1.29, 1.82) is 0 Å². The van der Waals surface area contributed by atoms with E-state index in [2.05, 4.69) is 19.7 Å². The summed E-state index contributed by atoms with van der Waals surface area (Å²) in [6, 6.07) is 0. The summed E-state index contributed by atoms with van der Waals surface area (Å²) in [6.07, 6.45) is -2.73. The van der Waals surface area contributed by atoms with Crippen molar-refractivity contribution in [3.63, 3.8) is 0 Å². The molecule has 0 amide bonds. The Morgan fingerprint density at radius 2 is 1.97 bits per heavy atom. The maximum atomic E-state index is 12.3. The number of carbonyl (C=O) groups excluding carboxylic acids is 3. The molecule has 9 heteroatoms. The Balaban J connectivity index is 1.75. The van der Waals surface area contributed by atoms with Crippen molar-refractivity contribution in [3.05, 3.63) is 36.5 Å². The summed E-state index contributed by atoms with van der Waals surface area (Å²) >= 11 is 0. The van der Waals surface area contributed by atoms with E-state index in [-0.39, 0.29) is 23.5 Å². The van der Waals surface area contributed by atoms with Crippen LogP contribution in [0, 0.1) is 17.8 Å². The lowest BCUT2D eigenvalue weighted by molar-refractivity contribution is -0.154. The second kappa shape index (κ2) is 6.70. The fourth-order valence-corrected chi connectivity index (χ4v) is 5.15. The molecular formula is C20H22O9. The number of fused-ring (bicyclic) bond motifs is 5. The van der Waals surface area contributed by atoms with Gasteiger partial charge in [-0.05, 0) is 12.3 Å². The second-order valence-electron chi connectivity index (χ2n) is 7.93. The fourth-order valence-electron chi connectivity index (χ4n) is 5.15. The Morgan fingerprint density at radius 1 is 1.24 bits per heavy atom. The summed E-state index contributed by atoms with van der Waals surface area (Å²) in [5.74, 6) is -3.10. The van der Waals surface area contributed by atoms with Crippen LogP contribution < -0.4 is 0 Å². The van der Waals surface area contributed by atoms with Crippen LogP contribution in [-0.4, -0.2) is 65.4 Å². The first-order valence-electron chi connectivity index (χ1n) is 9.31. The van der Waals surface area contributed by atoms with Gasteiger partial charge < -0.3 is 29.2 Å². The van der Waals surface area contributed by atoms with Gasteiger partial charge in [-0.25, -0.2) is 14.4 Å². The van der Waals surface area contributed by atoms with E-state index in [1.54, 1.807) is 0 Å². The Bertz CT molecular complexity index is 830. The lowest BCUT2D eigenvalue weighted by Gasteiger charge is -2.36. The lowest BCUT2D eigenvalue weighted by Crippen LogP contribution is -2.52. The van der Waals surface area contributed by atoms with Gasteiger partial charge in [0.05, 0.1) is 24.7 Å². The molecule has 0 aromatic rings. The van der Waals surface area contributed by atoms with Crippen molar-refractivity contribution in [3.8, 4) is 0 Å². The summed E-state index contributed by atoms with van der Waals surface area (Å²) in [6.45, 7) is 10.3. The largest absolute Gasteiger partial charge is 0.509 e. The number of hydrogen-bond acceptors (Lipinski definition) is 9. The molecule has 29 heavy (non-hydrogen) atoms. The maximum absolute atomic E-state index is 12.3. The third-order valence-corrected chi connectivity index (χ3v) is 6.51. The molecule has 2 saturated carbocycles. The molecule has 4 aliphatic rings. The van der Waals surface area contributed by atoms with E-state index in [1.807, 2.05) is 0 Å². The number of hydrogen-bond donors (Lipinski definition) is 2. The molecule has 7 atom stereocenters. The highest BCUT2D eigenvalue weighted by Crippen LogP contribution is 2.58. The Hall–Kier alpha value is -2.65. The minimum absolute atomic E-state index is 0.123. The number of esters is 2. The molecule has 156 valence electrons. The van der Waals surface area contributed by atoms with E-state index in [0.717, 1.165) is 0 Å². The molecule has 0 aromatic carbocycles. The van der Waals surface area contributed by atoms with Crippen LogP contribution in [0.1, 0.15) is 12.8 Å². The molecule has 2 aliphatic carbocycles. The summed E-state index contributed by atoms with van der Waals surface area (Å²) in [5.41, 5.74) is -0.691. The van der Waals surface area contributed by atoms with E-state index in [4.69, 9.17) is 24.1 Å². The Kier molecular flexibility index (Phi) is 4.54. The predicted molar refractivity (Wildman–Crippen MR) is 95.1 cm³/mol. The Labute approximate surface area is 166 Å². The number of aliphatic hydroxyl groups excluding tert-OH is 2. The van der Waals surface area contributed by atoms with Crippen LogP contribution in [0.4, 0.5) is 4.79 Å². The van der Waals surface area contributed by atoms with Gasteiger partial charge >= 0.3 is 18.1 Å². The fraction of sp³-hybridized carbons (Fsp3) is 0.550. The van der Waals surface area contributed by atoms with E-state index in [0.29, 0.717) is 12.0 Å². The standard InChI is InChI=1S/C20H22O9/c1-8-4-12(26-17(23)9(2)6-21)14-10(3)18(24)28-16(14)15-11(8)5-13-20(15,7-22)29-19(25)27-13/h11-16,21-22H,1-7H2. The SMILES string of the molecule is C=C(CO)C(=O)OC1CC(=C)C2CC3OC(=O)OC3(CO)C2C2OC(=O)C(=C)C12. The number of rotatable bonds is 4. The summed E-state index contributed by atoms with van der Waals surface area (Å²) in [4.78, 5) is 36.4. The topological polar surface area (TPSA) is 129 Å². The summed E-state index contributed by atoms with van der Waals surface area (Å²) < 4.78 is 21.8. The lowest BCUT2D eigenvalue weighted by atomic mass is 9.76. The van der Waals surface area contributed by atoms with Gasteiger partial charge in [0.2, 0.25) is 0 Å². The normalized spacial score (nSPS) is 40.2. The first-order chi connectivity index (χ1) is 13.7. The zero-order valence-electron chi connectivity index (χ0n) is 15.7. The van der Waals surface area contributed by atoms with E-state index in [1.165, 1.54) is 0 Å². The van der Waals surface area contributed by atoms with Crippen molar-refractivity contribution in [2.75, 3.05) is 13.2 Å². The van der Waals surface area contributed by atoms with Gasteiger partial charge in [0.25, 0.3) is 0 Å². The quantitative estimate of drug-likeness (QED) is 0.295. The zero-order valence-corrected chi connectivity index (χ0v) is 15.7. The molecule has 2 heterocycles. The summed E-state index contributed by atoms with van der Waals surface area (Å²) in [7, 11) is 0. The van der Waals surface area contributed by atoms with Crippen molar-refractivity contribution in [1.82, 2.24) is 0 Å². The molecule has 0 radical (unpaired) electrons. The van der Waals surface area contributed by atoms with Crippen LogP contribution in [0.15, 0.2) is 36.5 Å². The van der Waals surface area contributed by atoms with Gasteiger partial charge in [-0.1, -0.05) is 25.3 Å². The number of aliphatic hydroxyl groups is 2. The average molecular weight is 406 g/mol. The van der Waals surface area contributed by atoms with E-state index < -0.39 is 67.1 Å². The number of carbonyl (C=O) groups is 3. The highest BCUT2D eigenvalue weighted by atomic mass is 16.8. The van der Waals surface area contributed by atoms with Crippen LogP contribution in [0.3, 0.4) is 0 Å². The van der Waals surface area contributed by atoms with Gasteiger partial charge in [0.1, 0.15) is 18.3 Å². The van der Waals surface area contributed by atoms with Crippen LogP contribution in [0.25, 0.3) is 0 Å². The molecular weight excluding hydrogens is 384 g/mol. The monoisotopic (exact) mass is 406 g/mol. The molecule has 2 saturated heterocycles. The minimum atomic E-state index is -1.38. The van der Waals surface area contributed by atoms with Crippen molar-refractivity contribution < 1.29 is 43.5 Å². The zero-order chi connectivity index (χ0) is 21.1. The van der Waals surface area contributed by atoms with Gasteiger partial charge in [0.15, 0.2) is 5.60 Å². The van der Waals surface area contributed by atoms with E-state index >= 15 is 0 Å². The second-order valence-corrected chi connectivity index (χ2v) is 7.93. The molecule has 4 rings (SSSR count). The van der Waals surface area contributed by atoms with Crippen LogP contribution in [0.2, 0.25) is 0 Å². The van der Waals surface area contributed by atoms with Crippen LogP contribution in [-0.2, 0) is 28.5 Å². The van der Waals surface area contributed by atoms with Gasteiger partial charge in [0, 0.05) is 17.9 Å². The third kappa shape index (κ3) is 2.71. The molecule has 2 aliphatic heterocycles. The molecule has 2 N–H and O–H groups in total. The average Bonchev–Trinajstić information content (AvgIpc) is 3.24. The summed E-state index contributed by atoms with van der Waals surface area (Å²) in [5, 5.41) is 19.3. The van der Waals surface area contributed by atoms with Gasteiger partial charge in [-0.2, -0.15) is 0 Å². The minimum Gasteiger partial charge on any atom is -0.458 e. The molecule has 4 fully saturated rings. The van der Waals surface area contributed by atoms with Crippen molar-refractivity contribution >= 4 is 18.1 Å². The molecule has 0 bridgehead atoms. The first-order valence-corrected chi connectivity index (χ1v) is 9.31. The molecule has 7 unspecified atom stereocenters. The van der Waals surface area contributed by atoms with Crippen molar-refractivity contribution in [2.24, 2.45) is 17.8 Å². The third-order valence-electron chi connectivity index (χ3n) is 6.51. The molecule has 0 aromatic heterocycles. The first kappa shape index (κ1) is 19.7.